The Labute approximate surface area is 188 Å². The predicted octanol–water partition coefficient (Wildman–Crippen LogP) is 3.31. The van der Waals surface area contributed by atoms with Crippen LogP contribution in [0.25, 0.3) is 0 Å². The third kappa shape index (κ3) is 8.96. The van der Waals surface area contributed by atoms with Crippen molar-refractivity contribution in [2.45, 2.75) is 75.8 Å². The first kappa shape index (κ1) is 28.3. The first-order valence-electron chi connectivity index (χ1n) is 10.1. The molecule has 1 rings (SSSR count). The highest BCUT2D eigenvalue weighted by atomic mass is 32.2. The Bertz CT molecular complexity index is 652. The van der Waals surface area contributed by atoms with Crippen molar-refractivity contribution < 1.29 is 36.3 Å². The van der Waals surface area contributed by atoms with Gasteiger partial charge >= 0.3 is 12.1 Å². The summed E-state index contributed by atoms with van der Waals surface area (Å²) in [7, 11) is -1.78. The van der Waals surface area contributed by atoms with Crippen molar-refractivity contribution in [3.63, 3.8) is 0 Å². The number of carbonyl (C=O) groups excluding carboxylic acids is 1. The van der Waals surface area contributed by atoms with Gasteiger partial charge < -0.3 is 19.2 Å². The minimum atomic E-state index is -4.94. The number of hydrogen-bond donors (Lipinski definition) is 1. The highest BCUT2D eigenvalue weighted by Crippen LogP contribution is 2.37. The lowest BCUT2D eigenvalue weighted by Crippen LogP contribution is -2.44. The number of halogens is 4. The lowest BCUT2D eigenvalue weighted by Gasteiger charge is -2.37. The standard InChI is InChI=1S/C19H32BF4NO4SSi/c1-18(2,3)31(5,6)28-11-13-15(27-12-30-4)14(21)16(29-13)20-9-7-8-10-25-17(26)19(22,23)24/h13-16,20H,9-12H2,1-6H3,(H,25,26)/t13-,14?,15?,16-/m1/s1. The molecule has 0 spiro atoms. The van der Waals surface area contributed by atoms with Crippen LogP contribution in [0.5, 0.6) is 0 Å². The van der Waals surface area contributed by atoms with E-state index in [2.05, 4.69) is 45.7 Å². The summed E-state index contributed by atoms with van der Waals surface area (Å²) in [4.78, 5) is 10.7. The van der Waals surface area contributed by atoms with Crippen LogP contribution in [-0.2, 0) is 18.7 Å². The van der Waals surface area contributed by atoms with Crippen molar-refractivity contribution in [2.24, 2.45) is 0 Å². The average molecular weight is 485 g/mol. The largest absolute Gasteiger partial charge is 0.471 e. The molecule has 1 fully saturated rings. The lowest BCUT2D eigenvalue weighted by molar-refractivity contribution is -0.173. The van der Waals surface area contributed by atoms with Crippen LogP contribution in [-0.4, -0.2) is 77.4 Å². The molecular formula is C19H32BF4NO4SSi. The van der Waals surface area contributed by atoms with E-state index in [9.17, 15) is 22.4 Å². The summed E-state index contributed by atoms with van der Waals surface area (Å²) >= 11 is 1.44. The van der Waals surface area contributed by atoms with Crippen molar-refractivity contribution in [2.75, 3.05) is 25.3 Å². The van der Waals surface area contributed by atoms with E-state index >= 15 is 0 Å². The fourth-order valence-electron chi connectivity index (χ4n) is 2.60. The van der Waals surface area contributed by atoms with Crippen LogP contribution in [0.2, 0.25) is 24.5 Å². The zero-order valence-electron chi connectivity index (χ0n) is 18.9. The maximum atomic E-state index is 15.0. The molecule has 0 aromatic rings. The topological polar surface area (TPSA) is 56.8 Å². The second-order valence-corrected chi connectivity index (χ2v) is 14.5. The van der Waals surface area contributed by atoms with Gasteiger partial charge in [-0.2, -0.15) is 13.2 Å². The number of thioether (sulfide) groups is 1. The van der Waals surface area contributed by atoms with Crippen LogP contribution in [0, 0.1) is 11.8 Å². The Morgan fingerprint density at radius 2 is 1.90 bits per heavy atom. The summed E-state index contributed by atoms with van der Waals surface area (Å²) in [5, 5.41) is 1.67. The third-order valence-electron chi connectivity index (χ3n) is 5.45. The first-order chi connectivity index (χ1) is 14.2. The zero-order valence-corrected chi connectivity index (χ0v) is 20.7. The van der Waals surface area contributed by atoms with Crippen LogP contribution < -0.4 is 5.32 Å². The molecule has 31 heavy (non-hydrogen) atoms. The van der Waals surface area contributed by atoms with Crippen LogP contribution in [0.15, 0.2) is 0 Å². The molecule has 1 aliphatic rings. The van der Waals surface area contributed by atoms with E-state index in [0.29, 0.717) is 5.94 Å². The minimum absolute atomic E-state index is 0.00681. The molecule has 0 radical (unpaired) electrons. The van der Waals surface area contributed by atoms with Crippen molar-refractivity contribution >= 4 is 33.3 Å². The zero-order chi connectivity index (χ0) is 23.9. The quantitative estimate of drug-likeness (QED) is 0.235. The van der Waals surface area contributed by atoms with Crippen molar-refractivity contribution in [1.29, 1.82) is 0 Å². The Kier molecular flexibility index (Phi) is 10.9. The molecular weight excluding hydrogens is 453 g/mol. The van der Waals surface area contributed by atoms with E-state index in [0.717, 1.165) is 0 Å². The smallest absolute Gasteiger partial charge is 0.414 e. The molecule has 1 saturated heterocycles. The molecule has 1 heterocycles. The second kappa shape index (κ2) is 11.9. The molecule has 4 atom stereocenters. The molecule has 1 aliphatic heterocycles. The molecule has 0 bridgehead atoms. The third-order valence-corrected chi connectivity index (χ3v) is 10.3. The lowest BCUT2D eigenvalue weighted by atomic mass is 9.66. The van der Waals surface area contributed by atoms with Gasteiger partial charge in [-0.05, 0) is 30.7 Å². The van der Waals surface area contributed by atoms with Gasteiger partial charge in [-0.25, -0.2) is 4.39 Å². The number of carbonyl (C=O) groups is 1. The van der Waals surface area contributed by atoms with Gasteiger partial charge in [-0.15, -0.1) is 17.7 Å². The highest BCUT2D eigenvalue weighted by Gasteiger charge is 2.47. The van der Waals surface area contributed by atoms with Crippen molar-refractivity contribution in [3.8, 4) is 11.8 Å². The van der Waals surface area contributed by atoms with Gasteiger partial charge in [0.2, 0.25) is 0 Å². The maximum Gasteiger partial charge on any atom is 0.471 e. The van der Waals surface area contributed by atoms with E-state index in [4.69, 9.17) is 13.9 Å². The maximum absolute atomic E-state index is 15.0. The fraction of sp³-hybridized carbons (Fsp3) is 0.842. The van der Waals surface area contributed by atoms with Gasteiger partial charge in [0, 0.05) is 0 Å². The molecule has 12 heteroatoms. The normalized spacial score (nSPS) is 24.5. The average Bonchev–Trinajstić information content (AvgIpc) is 2.94. The second-order valence-electron chi connectivity index (χ2n) is 8.84. The van der Waals surface area contributed by atoms with Gasteiger partial charge in [0.25, 0.3) is 0 Å². The van der Waals surface area contributed by atoms with E-state index in [1.165, 1.54) is 11.8 Å². The molecule has 1 amide bonds. The highest BCUT2D eigenvalue weighted by molar-refractivity contribution is 7.98. The number of hydrogen-bond acceptors (Lipinski definition) is 5. The number of ether oxygens (including phenoxy) is 2. The summed E-state index contributed by atoms with van der Waals surface area (Å²) in [5.74, 6) is 3.36. The summed E-state index contributed by atoms with van der Waals surface area (Å²) < 4.78 is 69.0. The van der Waals surface area contributed by atoms with E-state index < -0.39 is 51.3 Å². The van der Waals surface area contributed by atoms with E-state index in [1.807, 2.05) is 6.26 Å². The summed E-state index contributed by atoms with van der Waals surface area (Å²) in [6.45, 7) is 10.4. The number of rotatable bonds is 9. The molecule has 1 N–H and O–H groups in total. The Balaban J connectivity index is 2.61. The first-order valence-corrected chi connectivity index (χ1v) is 14.4. The van der Waals surface area contributed by atoms with Gasteiger partial charge in [0.05, 0.1) is 25.1 Å². The minimum Gasteiger partial charge on any atom is -0.414 e. The van der Waals surface area contributed by atoms with E-state index in [1.54, 1.807) is 5.32 Å². The van der Waals surface area contributed by atoms with Crippen LogP contribution in [0.4, 0.5) is 17.6 Å². The van der Waals surface area contributed by atoms with Crippen molar-refractivity contribution in [3.05, 3.63) is 0 Å². The Morgan fingerprint density at radius 1 is 1.26 bits per heavy atom. The van der Waals surface area contributed by atoms with Crippen LogP contribution in [0.3, 0.4) is 0 Å². The van der Waals surface area contributed by atoms with Crippen molar-refractivity contribution in [1.82, 2.24) is 5.32 Å². The van der Waals surface area contributed by atoms with Crippen LogP contribution in [0.1, 0.15) is 20.8 Å². The predicted molar refractivity (Wildman–Crippen MR) is 119 cm³/mol. The molecule has 178 valence electrons. The molecule has 0 aliphatic carbocycles. The van der Waals surface area contributed by atoms with Gasteiger partial charge in [0.15, 0.2) is 15.6 Å². The molecule has 0 aromatic heterocycles. The Hall–Kier alpha value is -0.738. The van der Waals surface area contributed by atoms with Gasteiger partial charge in [-0.1, -0.05) is 26.7 Å². The summed E-state index contributed by atoms with van der Waals surface area (Å²) in [5.41, 5.74) is 0. The molecule has 0 aromatic carbocycles. The monoisotopic (exact) mass is 485 g/mol. The summed E-state index contributed by atoms with van der Waals surface area (Å²) in [6.07, 6.45) is -5.51. The van der Waals surface area contributed by atoms with Crippen LogP contribution >= 0.6 is 11.8 Å². The van der Waals surface area contributed by atoms with Gasteiger partial charge in [-0.3, -0.25) is 4.79 Å². The fourth-order valence-corrected chi connectivity index (χ4v) is 3.91. The molecule has 0 saturated carbocycles. The molecule has 5 nitrogen and oxygen atoms in total. The molecule has 2 unspecified atom stereocenters. The van der Waals surface area contributed by atoms with Gasteiger partial charge in [0.1, 0.15) is 18.4 Å². The van der Waals surface area contributed by atoms with E-state index in [-0.39, 0.29) is 25.2 Å². The number of amides is 1. The number of alkyl halides is 4. The number of nitrogens with one attached hydrogen (secondary N) is 1. The summed E-state index contributed by atoms with van der Waals surface area (Å²) in [6, 6.07) is -0.737. The Morgan fingerprint density at radius 3 is 2.45 bits per heavy atom. The SMILES string of the molecule is CSCOC1C(F)[C@H](BCC#CCNC(=O)C(F)(F)F)O[C@@H]1CO[Si](C)(C)C(C)(C)C.